The Labute approximate surface area is 103 Å². The molecule has 2 atom stereocenters. The van der Waals surface area contributed by atoms with Gasteiger partial charge in [-0.05, 0) is 43.6 Å². The van der Waals surface area contributed by atoms with Gasteiger partial charge in [0, 0.05) is 12.5 Å². The van der Waals surface area contributed by atoms with E-state index in [0.717, 1.165) is 30.8 Å². The molecule has 0 saturated heterocycles. The number of carbonyl (C=O) groups is 1. The lowest BCUT2D eigenvalue weighted by Crippen LogP contribution is -2.33. The Bertz CT molecular complexity index is 240. The molecule has 0 aromatic heterocycles. The summed E-state index contributed by atoms with van der Waals surface area (Å²) in [7, 11) is 0. The van der Waals surface area contributed by atoms with Crippen molar-refractivity contribution in [2.45, 2.75) is 45.6 Å². The Morgan fingerprint density at radius 2 is 2.44 bits per heavy atom. The predicted molar refractivity (Wildman–Crippen MR) is 71.7 cm³/mol. The Hall–Kier alpha value is -0.440. The molecule has 0 unspecified atom stereocenters. The van der Waals surface area contributed by atoms with Gasteiger partial charge in [-0.2, -0.15) is 11.8 Å². The van der Waals surface area contributed by atoms with Crippen molar-refractivity contribution >= 4 is 17.7 Å². The Morgan fingerprint density at radius 1 is 1.62 bits per heavy atom. The van der Waals surface area contributed by atoms with Crippen LogP contribution < -0.4 is 5.32 Å². The zero-order chi connectivity index (χ0) is 11.8. The normalized spacial score (nSPS) is 21.0. The van der Waals surface area contributed by atoms with Gasteiger partial charge in [-0.3, -0.25) is 4.79 Å². The number of allylic oxidation sites excluding steroid dienone is 2. The average molecular weight is 241 g/mol. The lowest BCUT2D eigenvalue weighted by atomic mass is 10.0. The average Bonchev–Trinajstić information content (AvgIpc) is 2.70. The third kappa shape index (κ3) is 5.59. The van der Waals surface area contributed by atoms with E-state index in [2.05, 4.69) is 31.3 Å². The van der Waals surface area contributed by atoms with Crippen molar-refractivity contribution in [1.29, 1.82) is 0 Å². The lowest BCUT2D eigenvalue weighted by molar-refractivity contribution is -0.122. The van der Waals surface area contributed by atoms with Gasteiger partial charge in [0.2, 0.25) is 5.91 Å². The van der Waals surface area contributed by atoms with Crippen LogP contribution in [0.2, 0.25) is 0 Å². The largest absolute Gasteiger partial charge is 0.354 e. The molecule has 92 valence electrons. The zero-order valence-corrected chi connectivity index (χ0v) is 11.2. The molecule has 16 heavy (non-hydrogen) atoms. The number of nitrogens with one attached hydrogen (secondary N) is 1. The van der Waals surface area contributed by atoms with Crippen LogP contribution in [0.25, 0.3) is 0 Å². The highest BCUT2D eigenvalue weighted by Crippen LogP contribution is 2.20. The number of carbonyl (C=O) groups excluding carboxylic acids is 1. The standard InChI is InChI=1S/C13H23NOS/c1-3-16-9-8-11(2)14-13(15)10-12-6-4-5-7-12/h4,6,11-12H,3,5,7-10H2,1-2H3,(H,14,15)/t11-,12-/m0/s1. The van der Waals surface area contributed by atoms with Crippen molar-refractivity contribution in [3.8, 4) is 0 Å². The van der Waals surface area contributed by atoms with E-state index in [1.807, 2.05) is 11.8 Å². The van der Waals surface area contributed by atoms with Crippen LogP contribution in [-0.2, 0) is 4.79 Å². The maximum absolute atomic E-state index is 11.7. The van der Waals surface area contributed by atoms with Gasteiger partial charge < -0.3 is 5.32 Å². The van der Waals surface area contributed by atoms with Gasteiger partial charge in [0.15, 0.2) is 0 Å². The minimum Gasteiger partial charge on any atom is -0.354 e. The fourth-order valence-electron chi connectivity index (χ4n) is 1.91. The molecule has 1 rings (SSSR count). The second-order valence-electron chi connectivity index (χ2n) is 4.42. The predicted octanol–water partition coefficient (Wildman–Crippen LogP) is 2.99. The SMILES string of the molecule is CCSCC[C@H](C)NC(=O)C[C@H]1C=CCC1. The molecule has 1 N–H and O–H groups in total. The van der Waals surface area contributed by atoms with Crippen LogP contribution in [0.1, 0.15) is 39.5 Å². The molecule has 0 aromatic rings. The van der Waals surface area contributed by atoms with Crippen molar-refractivity contribution in [1.82, 2.24) is 5.32 Å². The molecule has 0 fully saturated rings. The lowest BCUT2D eigenvalue weighted by Gasteiger charge is -2.15. The number of thioether (sulfide) groups is 1. The van der Waals surface area contributed by atoms with Crippen LogP contribution in [0.3, 0.4) is 0 Å². The molecule has 0 aliphatic heterocycles. The molecule has 1 amide bonds. The summed E-state index contributed by atoms with van der Waals surface area (Å²) in [6.07, 6.45) is 8.39. The first-order chi connectivity index (χ1) is 7.72. The molecule has 3 heteroatoms. The van der Waals surface area contributed by atoms with Crippen LogP contribution >= 0.6 is 11.8 Å². The quantitative estimate of drug-likeness (QED) is 0.548. The first kappa shape index (κ1) is 13.6. The van der Waals surface area contributed by atoms with E-state index in [0.29, 0.717) is 18.4 Å². The number of amides is 1. The van der Waals surface area contributed by atoms with Gasteiger partial charge in [-0.1, -0.05) is 19.1 Å². The van der Waals surface area contributed by atoms with Gasteiger partial charge in [0.05, 0.1) is 0 Å². The molecule has 0 bridgehead atoms. The van der Waals surface area contributed by atoms with Crippen LogP contribution in [-0.4, -0.2) is 23.5 Å². The highest BCUT2D eigenvalue weighted by Gasteiger charge is 2.15. The van der Waals surface area contributed by atoms with E-state index in [1.165, 1.54) is 0 Å². The van der Waals surface area contributed by atoms with Crippen molar-refractivity contribution in [3.63, 3.8) is 0 Å². The summed E-state index contributed by atoms with van der Waals surface area (Å²) in [5.74, 6) is 3.00. The number of hydrogen-bond acceptors (Lipinski definition) is 2. The topological polar surface area (TPSA) is 29.1 Å². The summed E-state index contributed by atoms with van der Waals surface area (Å²) in [6.45, 7) is 4.26. The van der Waals surface area contributed by atoms with Crippen LogP contribution in [0.4, 0.5) is 0 Å². The van der Waals surface area contributed by atoms with Crippen LogP contribution in [0, 0.1) is 5.92 Å². The molecule has 1 aliphatic rings. The van der Waals surface area contributed by atoms with Crippen molar-refractivity contribution < 1.29 is 4.79 Å². The Balaban J connectivity index is 2.10. The smallest absolute Gasteiger partial charge is 0.220 e. The van der Waals surface area contributed by atoms with Gasteiger partial charge in [-0.15, -0.1) is 0 Å². The molecule has 0 radical (unpaired) electrons. The molecule has 2 nitrogen and oxygen atoms in total. The second-order valence-corrected chi connectivity index (χ2v) is 5.82. The van der Waals surface area contributed by atoms with Crippen LogP contribution in [0.5, 0.6) is 0 Å². The first-order valence-electron chi connectivity index (χ1n) is 6.26. The maximum atomic E-state index is 11.7. The van der Waals surface area contributed by atoms with E-state index in [4.69, 9.17) is 0 Å². The van der Waals surface area contributed by atoms with E-state index in [1.54, 1.807) is 0 Å². The highest BCUT2D eigenvalue weighted by molar-refractivity contribution is 7.99. The highest BCUT2D eigenvalue weighted by atomic mass is 32.2. The summed E-state index contributed by atoms with van der Waals surface area (Å²) in [4.78, 5) is 11.7. The van der Waals surface area contributed by atoms with Gasteiger partial charge >= 0.3 is 0 Å². The molecule has 1 aliphatic carbocycles. The number of hydrogen-bond donors (Lipinski definition) is 1. The first-order valence-corrected chi connectivity index (χ1v) is 7.41. The summed E-state index contributed by atoms with van der Waals surface area (Å²) in [6, 6.07) is 0.317. The van der Waals surface area contributed by atoms with Gasteiger partial charge in [0.25, 0.3) is 0 Å². The molecule has 0 spiro atoms. The number of rotatable bonds is 7. The van der Waals surface area contributed by atoms with E-state index >= 15 is 0 Å². The van der Waals surface area contributed by atoms with Crippen molar-refractivity contribution in [2.24, 2.45) is 5.92 Å². The van der Waals surface area contributed by atoms with E-state index < -0.39 is 0 Å². The fourth-order valence-corrected chi connectivity index (χ4v) is 2.72. The summed E-state index contributed by atoms with van der Waals surface area (Å²) < 4.78 is 0. The fraction of sp³-hybridized carbons (Fsp3) is 0.769. The minimum absolute atomic E-state index is 0.213. The zero-order valence-electron chi connectivity index (χ0n) is 10.4. The summed E-state index contributed by atoms with van der Waals surface area (Å²) in [5, 5.41) is 3.08. The molecule has 0 saturated carbocycles. The Kier molecular flexibility index (Phi) is 6.62. The van der Waals surface area contributed by atoms with Gasteiger partial charge in [0.1, 0.15) is 0 Å². The maximum Gasteiger partial charge on any atom is 0.220 e. The second kappa shape index (κ2) is 7.77. The summed E-state index contributed by atoms with van der Waals surface area (Å²) >= 11 is 1.93. The van der Waals surface area contributed by atoms with Gasteiger partial charge in [-0.25, -0.2) is 0 Å². The van der Waals surface area contributed by atoms with E-state index in [9.17, 15) is 4.79 Å². The Morgan fingerprint density at radius 3 is 3.06 bits per heavy atom. The summed E-state index contributed by atoms with van der Waals surface area (Å²) in [5.41, 5.74) is 0. The monoisotopic (exact) mass is 241 g/mol. The molecule has 0 heterocycles. The third-order valence-electron chi connectivity index (χ3n) is 2.87. The molecule has 0 aromatic carbocycles. The van der Waals surface area contributed by atoms with Crippen molar-refractivity contribution in [3.05, 3.63) is 12.2 Å². The molecular weight excluding hydrogens is 218 g/mol. The molecular formula is C13H23NOS. The van der Waals surface area contributed by atoms with Crippen LogP contribution in [0.15, 0.2) is 12.2 Å². The minimum atomic E-state index is 0.213. The van der Waals surface area contributed by atoms with Crippen molar-refractivity contribution in [2.75, 3.05) is 11.5 Å². The third-order valence-corrected chi connectivity index (χ3v) is 3.80. The van der Waals surface area contributed by atoms with E-state index in [-0.39, 0.29) is 5.91 Å².